The van der Waals surface area contributed by atoms with Crippen molar-refractivity contribution in [2.45, 2.75) is 5.76 Å². The predicted molar refractivity (Wildman–Crippen MR) is 57.3 cm³/mol. The normalized spacial score (nSPS) is 12.2. The van der Waals surface area contributed by atoms with Gasteiger partial charge in [-0.15, -0.1) is 0 Å². The molecule has 6 nitrogen and oxygen atoms in total. The van der Waals surface area contributed by atoms with Crippen LogP contribution in [0.25, 0.3) is 6.08 Å². The van der Waals surface area contributed by atoms with E-state index in [4.69, 9.17) is 5.11 Å². The molecule has 0 saturated carbocycles. The lowest BCUT2D eigenvalue weighted by atomic mass is 10.4. The third-order valence-corrected chi connectivity index (χ3v) is 3.33. The zero-order chi connectivity index (χ0) is 13.1. The summed E-state index contributed by atoms with van der Waals surface area (Å²) in [5, 5.41) is 8.07. The minimum Gasteiger partial charge on any atom is -0.478 e. The van der Waals surface area contributed by atoms with Gasteiger partial charge in [0.25, 0.3) is 10.0 Å². The Kier molecular flexibility index (Phi) is 4.12. The van der Waals surface area contributed by atoms with Gasteiger partial charge in [0.2, 0.25) is 0 Å². The smallest absolute Gasteiger partial charge is 0.355 e. The number of nitrogens with zero attached hydrogens (tertiary/aromatic N) is 1. The lowest BCUT2D eigenvalue weighted by molar-refractivity contribution is -0.131. The summed E-state index contributed by atoms with van der Waals surface area (Å²) in [4.78, 5) is 14.0. The molecule has 0 spiro atoms. The van der Waals surface area contributed by atoms with Gasteiger partial charge in [0, 0.05) is 17.2 Å². The van der Waals surface area contributed by atoms with Crippen LogP contribution in [-0.4, -0.2) is 30.2 Å². The number of carboxylic acid groups (broad SMARTS) is 1. The van der Waals surface area contributed by atoms with Crippen molar-refractivity contribution in [3.8, 4) is 0 Å². The number of alkyl halides is 2. The van der Waals surface area contributed by atoms with Gasteiger partial charge in [0.05, 0.1) is 0 Å². The van der Waals surface area contributed by atoms with E-state index in [1.165, 1.54) is 6.08 Å². The van der Waals surface area contributed by atoms with E-state index in [1.54, 1.807) is 4.72 Å². The Bertz CT molecular complexity index is 538. The summed E-state index contributed by atoms with van der Waals surface area (Å²) >= 11 is 0.734. The Morgan fingerprint density at radius 1 is 1.59 bits per heavy atom. The van der Waals surface area contributed by atoms with Crippen molar-refractivity contribution >= 4 is 38.5 Å². The number of aliphatic carboxylic acids is 1. The van der Waals surface area contributed by atoms with E-state index in [1.807, 2.05) is 0 Å². The molecule has 0 amide bonds. The van der Waals surface area contributed by atoms with E-state index in [2.05, 4.69) is 4.98 Å². The summed E-state index contributed by atoms with van der Waals surface area (Å²) in [5.41, 5.74) is 0. The van der Waals surface area contributed by atoms with Crippen molar-refractivity contribution in [2.24, 2.45) is 0 Å². The number of halogens is 2. The highest BCUT2D eigenvalue weighted by molar-refractivity contribution is 7.93. The van der Waals surface area contributed by atoms with Gasteiger partial charge in [-0.3, -0.25) is 4.72 Å². The molecule has 0 aliphatic heterocycles. The molecule has 10 heteroatoms. The molecule has 1 rings (SSSR count). The third kappa shape index (κ3) is 4.07. The van der Waals surface area contributed by atoms with Crippen LogP contribution in [0.4, 0.5) is 13.9 Å². The molecule has 0 aliphatic carbocycles. The Morgan fingerprint density at radius 2 is 2.24 bits per heavy atom. The van der Waals surface area contributed by atoms with Crippen LogP contribution in [0.3, 0.4) is 0 Å². The number of aromatic nitrogens is 1. The molecule has 1 heterocycles. The van der Waals surface area contributed by atoms with Crippen molar-refractivity contribution in [1.29, 1.82) is 0 Å². The van der Waals surface area contributed by atoms with Crippen molar-refractivity contribution in [2.75, 3.05) is 4.72 Å². The summed E-state index contributed by atoms with van der Waals surface area (Å²) in [6.45, 7) is 0. The molecule has 0 unspecified atom stereocenters. The molecule has 1 aromatic rings. The number of carboxylic acids is 1. The van der Waals surface area contributed by atoms with Gasteiger partial charge in [-0.05, 0) is 6.08 Å². The van der Waals surface area contributed by atoms with E-state index < -0.39 is 21.8 Å². The first-order valence-electron chi connectivity index (χ1n) is 3.98. The summed E-state index contributed by atoms with van der Waals surface area (Å²) in [6, 6.07) is 0. The maximum Gasteiger partial charge on any atom is 0.355 e. The molecule has 2 N–H and O–H groups in total. The summed E-state index contributed by atoms with van der Waals surface area (Å²) in [6.07, 6.45) is 3.15. The molecule has 94 valence electrons. The van der Waals surface area contributed by atoms with Crippen LogP contribution in [0.2, 0.25) is 0 Å². The van der Waals surface area contributed by atoms with Gasteiger partial charge in [-0.2, -0.15) is 8.78 Å². The number of nitrogens with one attached hydrogen (secondary N) is 1. The first kappa shape index (κ1) is 13.5. The summed E-state index contributed by atoms with van der Waals surface area (Å²) in [5.74, 6) is -4.74. The summed E-state index contributed by atoms with van der Waals surface area (Å²) in [7, 11) is -4.75. The van der Waals surface area contributed by atoms with Crippen LogP contribution < -0.4 is 4.72 Å². The third-order valence-electron chi connectivity index (χ3n) is 1.38. The second kappa shape index (κ2) is 5.19. The Balaban J connectivity index is 2.80. The molecule has 1 aromatic heterocycles. The van der Waals surface area contributed by atoms with Crippen LogP contribution in [-0.2, 0) is 14.8 Å². The maximum atomic E-state index is 12.0. The van der Waals surface area contributed by atoms with Crippen LogP contribution in [0.15, 0.2) is 12.3 Å². The van der Waals surface area contributed by atoms with Crippen molar-refractivity contribution in [3.05, 3.63) is 17.2 Å². The fourth-order valence-electron chi connectivity index (χ4n) is 0.730. The van der Waals surface area contributed by atoms with Crippen molar-refractivity contribution in [1.82, 2.24) is 4.98 Å². The largest absolute Gasteiger partial charge is 0.478 e. The highest BCUT2D eigenvalue weighted by Crippen LogP contribution is 2.21. The van der Waals surface area contributed by atoms with Crippen LogP contribution in [0.5, 0.6) is 0 Å². The molecule has 0 aromatic carbocycles. The zero-order valence-corrected chi connectivity index (χ0v) is 9.63. The van der Waals surface area contributed by atoms with E-state index in [0.29, 0.717) is 4.88 Å². The number of rotatable bonds is 5. The number of carbonyl (C=O) groups is 1. The van der Waals surface area contributed by atoms with Gasteiger partial charge < -0.3 is 5.11 Å². The maximum absolute atomic E-state index is 12.0. The molecule has 17 heavy (non-hydrogen) atoms. The second-order valence-corrected chi connectivity index (χ2v) is 5.36. The fourth-order valence-corrected chi connectivity index (χ4v) is 2.20. The minimum absolute atomic E-state index is 0.254. The predicted octanol–water partition coefficient (Wildman–Crippen LogP) is 1.21. The fraction of sp³-hybridized carbons (Fsp3) is 0.143. The van der Waals surface area contributed by atoms with Crippen LogP contribution >= 0.6 is 11.3 Å². The number of sulfonamides is 1. The van der Waals surface area contributed by atoms with Crippen molar-refractivity contribution in [3.63, 3.8) is 0 Å². The molecule has 0 radical (unpaired) electrons. The Morgan fingerprint density at radius 3 is 2.76 bits per heavy atom. The van der Waals surface area contributed by atoms with Gasteiger partial charge in [-0.25, -0.2) is 18.2 Å². The lowest BCUT2D eigenvalue weighted by Crippen LogP contribution is -2.20. The minimum atomic E-state index is -4.75. The second-order valence-electron chi connectivity index (χ2n) is 2.65. The monoisotopic (exact) mass is 284 g/mol. The molecule has 0 atom stereocenters. The highest BCUT2D eigenvalue weighted by atomic mass is 32.2. The Labute approximate surface area is 98.7 Å². The van der Waals surface area contributed by atoms with Gasteiger partial charge in [0.1, 0.15) is 0 Å². The molecular formula is C7H6F2N2O4S2. The first-order chi connectivity index (χ1) is 7.81. The van der Waals surface area contributed by atoms with E-state index in [9.17, 15) is 22.0 Å². The van der Waals surface area contributed by atoms with E-state index in [0.717, 1.165) is 23.6 Å². The van der Waals surface area contributed by atoms with Gasteiger partial charge >= 0.3 is 11.7 Å². The molecule has 0 fully saturated rings. The zero-order valence-electron chi connectivity index (χ0n) is 8.00. The number of thiazole rings is 1. The molecule has 0 saturated heterocycles. The Hall–Kier alpha value is -1.55. The average molecular weight is 284 g/mol. The van der Waals surface area contributed by atoms with Crippen LogP contribution in [0.1, 0.15) is 4.88 Å². The molecule has 0 bridgehead atoms. The lowest BCUT2D eigenvalue weighted by Gasteiger charge is -2.01. The van der Waals surface area contributed by atoms with Crippen LogP contribution in [0, 0.1) is 0 Å². The average Bonchev–Trinajstić information content (AvgIpc) is 2.61. The van der Waals surface area contributed by atoms with Crippen molar-refractivity contribution < 1.29 is 27.1 Å². The van der Waals surface area contributed by atoms with E-state index >= 15 is 0 Å². The van der Waals surface area contributed by atoms with Gasteiger partial charge in [0.15, 0.2) is 5.13 Å². The highest BCUT2D eigenvalue weighted by Gasteiger charge is 2.24. The summed E-state index contributed by atoms with van der Waals surface area (Å²) < 4.78 is 47.1. The number of hydrogen-bond acceptors (Lipinski definition) is 5. The molecular weight excluding hydrogens is 278 g/mol. The number of hydrogen-bond donors (Lipinski definition) is 2. The molecule has 0 aliphatic rings. The number of anilines is 1. The SMILES string of the molecule is O=C(O)/C=C/c1cnc(NS(=O)(=O)C(F)F)s1. The van der Waals surface area contributed by atoms with Gasteiger partial charge in [-0.1, -0.05) is 11.3 Å². The quantitative estimate of drug-likeness (QED) is 0.792. The topological polar surface area (TPSA) is 96.4 Å². The first-order valence-corrected chi connectivity index (χ1v) is 6.34. The van der Waals surface area contributed by atoms with E-state index in [-0.39, 0.29) is 5.13 Å². The standard InChI is InChI=1S/C7H6F2N2O4S2/c8-6(9)17(14,15)11-7-10-3-4(16-7)1-2-5(12)13/h1-3,6H,(H,10,11)(H,12,13)/b2-1+.